The highest BCUT2D eigenvalue weighted by Crippen LogP contribution is 2.40. The number of carboxylic acid groups (broad SMARTS) is 1. The Hall–Kier alpha value is -4.56. The van der Waals surface area contributed by atoms with Gasteiger partial charge in [-0.15, -0.1) is 0 Å². The normalized spacial score (nSPS) is 12.9. The van der Waals surface area contributed by atoms with Gasteiger partial charge in [-0.05, 0) is 37.3 Å². The summed E-state index contributed by atoms with van der Waals surface area (Å²) in [6.07, 6.45) is -10.8. The van der Waals surface area contributed by atoms with E-state index in [-0.39, 0.29) is 23.8 Å². The number of aromatic nitrogens is 3. The molecule has 0 aliphatic heterocycles. The van der Waals surface area contributed by atoms with E-state index in [0.29, 0.717) is 29.5 Å². The lowest BCUT2D eigenvalue weighted by atomic mass is 10.1. The van der Waals surface area contributed by atoms with Gasteiger partial charge in [0.15, 0.2) is 6.10 Å². The topological polar surface area (TPSA) is 119 Å². The molecular formula is C24H18F6N4O5. The molecule has 4 rings (SSSR count). The molecule has 2 aromatic carbocycles. The highest BCUT2D eigenvalue weighted by Gasteiger charge is 2.41. The van der Waals surface area contributed by atoms with Crippen molar-refractivity contribution < 1.29 is 50.3 Å². The van der Waals surface area contributed by atoms with E-state index in [2.05, 4.69) is 20.2 Å². The Labute approximate surface area is 215 Å². The molecule has 0 saturated heterocycles. The molecule has 0 spiro atoms. The maximum atomic E-state index is 13.6. The average Bonchev–Trinajstić information content (AvgIpc) is 3.49. The second-order valence-electron chi connectivity index (χ2n) is 8.29. The second kappa shape index (κ2) is 10.3. The summed E-state index contributed by atoms with van der Waals surface area (Å²) in [6.45, 7) is -0.131. The van der Waals surface area contributed by atoms with Crippen LogP contribution in [0.1, 0.15) is 12.5 Å². The van der Waals surface area contributed by atoms with E-state index >= 15 is 0 Å². The summed E-state index contributed by atoms with van der Waals surface area (Å²) in [5.74, 6) is -3.07. The van der Waals surface area contributed by atoms with Gasteiger partial charge in [0.05, 0.1) is 5.56 Å². The molecule has 1 atom stereocenters. The predicted molar refractivity (Wildman–Crippen MR) is 122 cm³/mol. The van der Waals surface area contributed by atoms with Crippen molar-refractivity contribution >= 4 is 22.8 Å². The van der Waals surface area contributed by atoms with Crippen molar-refractivity contribution in [3.05, 3.63) is 54.2 Å². The Kier molecular flexibility index (Phi) is 7.26. The highest BCUT2D eigenvalue weighted by molar-refractivity contribution is 5.94. The predicted octanol–water partition coefficient (Wildman–Crippen LogP) is 4.91. The van der Waals surface area contributed by atoms with E-state index in [9.17, 15) is 35.9 Å². The number of halogens is 6. The summed E-state index contributed by atoms with van der Waals surface area (Å²) >= 11 is 0. The number of amides is 1. The molecule has 0 unspecified atom stereocenters. The average molecular weight is 556 g/mol. The van der Waals surface area contributed by atoms with Crippen LogP contribution >= 0.6 is 0 Å². The van der Waals surface area contributed by atoms with Crippen LogP contribution < -0.4 is 10.1 Å². The Bertz CT molecular complexity index is 1530. The van der Waals surface area contributed by atoms with Crippen LogP contribution in [0.4, 0.5) is 26.3 Å². The van der Waals surface area contributed by atoms with Gasteiger partial charge in [0.1, 0.15) is 18.8 Å². The van der Waals surface area contributed by atoms with Crippen molar-refractivity contribution in [2.45, 2.75) is 31.9 Å². The van der Waals surface area contributed by atoms with Crippen molar-refractivity contribution in [2.24, 2.45) is 0 Å². The first-order valence-corrected chi connectivity index (χ1v) is 11.1. The number of ether oxygens (including phenoxy) is 1. The lowest BCUT2D eigenvalue weighted by Crippen LogP contribution is -2.31. The molecule has 0 bridgehead atoms. The van der Waals surface area contributed by atoms with Gasteiger partial charge in [0, 0.05) is 28.2 Å². The zero-order valence-electron chi connectivity index (χ0n) is 19.8. The van der Waals surface area contributed by atoms with Crippen LogP contribution in [-0.4, -0.2) is 50.5 Å². The minimum absolute atomic E-state index is 0.00302. The number of rotatable bonds is 8. The molecule has 206 valence electrons. The zero-order valence-corrected chi connectivity index (χ0v) is 19.8. The van der Waals surface area contributed by atoms with E-state index in [1.807, 2.05) is 0 Å². The summed E-state index contributed by atoms with van der Waals surface area (Å²) in [5, 5.41) is 15.3. The van der Waals surface area contributed by atoms with Crippen LogP contribution in [0.5, 0.6) is 5.75 Å². The molecule has 0 radical (unpaired) electrons. The van der Waals surface area contributed by atoms with E-state index < -0.39 is 48.2 Å². The number of nitrogens with zero attached hydrogens (tertiary/aromatic N) is 3. The number of carboxylic acids is 1. The molecule has 2 N–H and O–H groups in total. The standard InChI is InChI=1S/C24H18F6N4O5/c1-12(23(25,26)27)38-18-6-5-13(9-16(18)24(28,29)30)22-32-21(33-39-22)15-3-2-4-17-14(15)7-8-34(17)11-19(35)31-10-20(36)37/h2-9,12H,10-11H2,1H3,(H,31,35)(H,36,37)/t12-/m0/s1. The molecule has 9 nitrogen and oxygen atoms in total. The number of hydrogen-bond donors (Lipinski definition) is 2. The molecule has 0 saturated carbocycles. The van der Waals surface area contributed by atoms with Gasteiger partial charge >= 0.3 is 18.3 Å². The Balaban J connectivity index is 1.64. The number of benzene rings is 2. The molecule has 0 aliphatic carbocycles. The fourth-order valence-corrected chi connectivity index (χ4v) is 3.64. The third-order valence-corrected chi connectivity index (χ3v) is 5.53. The van der Waals surface area contributed by atoms with Gasteiger partial charge in [-0.25, -0.2) is 0 Å². The number of aliphatic carboxylic acids is 1. The van der Waals surface area contributed by atoms with Gasteiger partial charge in [-0.2, -0.15) is 31.3 Å². The maximum Gasteiger partial charge on any atom is 0.425 e. The first-order chi connectivity index (χ1) is 18.2. The molecule has 39 heavy (non-hydrogen) atoms. The SMILES string of the molecule is C[C@H](Oc1ccc(-c2nc(-c3cccc4c3ccn4CC(=O)NCC(=O)O)no2)cc1C(F)(F)F)C(F)(F)F. The molecule has 0 fully saturated rings. The van der Waals surface area contributed by atoms with Crippen molar-refractivity contribution in [3.8, 4) is 28.6 Å². The molecule has 1 amide bonds. The van der Waals surface area contributed by atoms with Crippen molar-refractivity contribution in [1.29, 1.82) is 0 Å². The second-order valence-corrected chi connectivity index (χ2v) is 8.29. The first-order valence-electron chi connectivity index (χ1n) is 11.1. The molecule has 2 aromatic heterocycles. The minimum atomic E-state index is -5.04. The highest BCUT2D eigenvalue weighted by atomic mass is 19.4. The van der Waals surface area contributed by atoms with Gasteiger partial charge in [-0.3, -0.25) is 9.59 Å². The van der Waals surface area contributed by atoms with Crippen molar-refractivity contribution in [3.63, 3.8) is 0 Å². The molecule has 2 heterocycles. The van der Waals surface area contributed by atoms with Gasteiger partial charge in [0.25, 0.3) is 5.89 Å². The molecular weight excluding hydrogens is 538 g/mol. The van der Waals surface area contributed by atoms with Crippen LogP contribution in [0.3, 0.4) is 0 Å². The Morgan fingerprint density at radius 1 is 1.13 bits per heavy atom. The summed E-state index contributed by atoms with van der Waals surface area (Å²) in [5.41, 5.74) is -0.671. The fourth-order valence-electron chi connectivity index (χ4n) is 3.64. The van der Waals surface area contributed by atoms with E-state index in [1.54, 1.807) is 35.0 Å². The van der Waals surface area contributed by atoms with Crippen LogP contribution in [0.2, 0.25) is 0 Å². The minimum Gasteiger partial charge on any atom is -0.481 e. The zero-order chi connectivity index (χ0) is 28.5. The molecule has 15 heteroatoms. The van der Waals surface area contributed by atoms with Gasteiger partial charge in [-0.1, -0.05) is 17.3 Å². The largest absolute Gasteiger partial charge is 0.481 e. The number of fused-ring (bicyclic) bond motifs is 1. The van der Waals surface area contributed by atoms with E-state index in [4.69, 9.17) is 9.63 Å². The van der Waals surface area contributed by atoms with Crippen LogP contribution in [0.25, 0.3) is 33.7 Å². The maximum absolute atomic E-state index is 13.6. The Morgan fingerprint density at radius 2 is 1.87 bits per heavy atom. The van der Waals surface area contributed by atoms with E-state index in [1.165, 1.54) is 0 Å². The number of carbonyl (C=O) groups excluding carboxylic acids is 1. The molecule has 0 aliphatic rings. The summed E-state index contributed by atoms with van der Waals surface area (Å²) in [4.78, 5) is 26.8. The Morgan fingerprint density at radius 3 is 2.54 bits per heavy atom. The number of alkyl halides is 6. The summed E-state index contributed by atoms with van der Waals surface area (Å²) in [6, 6.07) is 8.93. The number of hydrogen-bond acceptors (Lipinski definition) is 6. The number of nitrogens with one attached hydrogen (secondary N) is 1. The van der Waals surface area contributed by atoms with E-state index in [0.717, 1.165) is 12.1 Å². The van der Waals surface area contributed by atoms with Crippen LogP contribution in [-0.2, 0) is 22.3 Å². The fraction of sp³-hybridized carbons (Fsp3) is 0.250. The third-order valence-electron chi connectivity index (χ3n) is 5.53. The summed E-state index contributed by atoms with van der Waals surface area (Å²) in [7, 11) is 0. The van der Waals surface area contributed by atoms with Crippen molar-refractivity contribution in [2.75, 3.05) is 6.54 Å². The lowest BCUT2D eigenvalue weighted by molar-refractivity contribution is -0.191. The smallest absolute Gasteiger partial charge is 0.425 e. The number of carbonyl (C=O) groups is 2. The first kappa shape index (κ1) is 27.5. The van der Waals surface area contributed by atoms with Crippen LogP contribution in [0.15, 0.2) is 53.2 Å². The third kappa shape index (κ3) is 6.13. The summed E-state index contributed by atoms with van der Waals surface area (Å²) < 4.78 is 90.6. The lowest BCUT2D eigenvalue weighted by Gasteiger charge is -2.20. The van der Waals surface area contributed by atoms with Crippen LogP contribution in [0, 0.1) is 0 Å². The molecule has 4 aromatic rings. The van der Waals surface area contributed by atoms with Gasteiger partial charge in [0.2, 0.25) is 11.7 Å². The van der Waals surface area contributed by atoms with Gasteiger partial charge < -0.3 is 24.3 Å². The van der Waals surface area contributed by atoms with Crippen molar-refractivity contribution in [1.82, 2.24) is 20.0 Å². The quantitative estimate of drug-likeness (QED) is 0.296. The monoisotopic (exact) mass is 556 g/mol.